The first-order valence-corrected chi connectivity index (χ1v) is 14.0. The third kappa shape index (κ3) is 7.88. The minimum absolute atomic E-state index is 0.0241. The Balaban J connectivity index is 1.27. The number of nitrogens with zero attached hydrogens (tertiary/aromatic N) is 5. The van der Waals surface area contributed by atoms with E-state index in [0.29, 0.717) is 22.5 Å². The fraction of sp³-hybridized carbons (Fsp3) is 0.207. The highest BCUT2D eigenvalue weighted by molar-refractivity contribution is 8.15. The number of thioether (sulfide) groups is 1. The Labute approximate surface area is 255 Å². The molecule has 0 atom stereocenters. The molecule has 1 aliphatic rings. The summed E-state index contributed by atoms with van der Waals surface area (Å²) < 4.78 is 82.4. The van der Waals surface area contributed by atoms with Crippen LogP contribution < -0.4 is 10.2 Å². The van der Waals surface area contributed by atoms with Crippen LogP contribution in [0.2, 0.25) is 0 Å². The van der Waals surface area contributed by atoms with Crippen molar-refractivity contribution in [1.82, 2.24) is 14.8 Å². The topological polar surface area (TPSA) is 102 Å². The highest BCUT2D eigenvalue weighted by Gasteiger charge is 2.33. The number of carbonyl (C=O) groups excluding carboxylic acids is 2. The van der Waals surface area contributed by atoms with Crippen LogP contribution in [0, 0.1) is 6.92 Å². The minimum Gasteiger partial charge on any atom is -0.367 e. The van der Waals surface area contributed by atoms with Gasteiger partial charge in [0.05, 0.1) is 29.3 Å². The monoisotopic (exact) mass is 648 g/mol. The number of urea groups is 1. The van der Waals surface area contributed by atoms with Gasteiger partial charge in [-0.05, 0) is 67.1 Å². The van der Waals surface area contributed by atoms with Gasteiger partial charge in [-0.25, -0.2) is 14.5 Å². The van der Waals surface area contributed by atoms with Gasteiger partial charge in [0.2, 0.25) is 5.91 Å². The molecule has 1 fully saturated rings. The maximum absolute atomic E-state index is 12.8. The first-order valence-electron chi connectivity index (χ1n) is 13.1. The molecule has 1 aromatic heterocycles. The average Bonchev–Trinajstić information content (AvgIpc) is 3.60. The van der Waals surface area contributed by atoms with E-state index in [2.05, 4.69) is 20.4 Å². The van der Waals surface area contributed by atoms with E-state index in [1.807, 2.05) is 0 Å². The van der Waals surface area contributed by atoms with Gasteiger partial charge < -0.3 is 10.1 Å². The standard InChI is InChI=1S/C29H22F6N6O3S/c1-17-2-3-19(13-44-15-28(30,31)32)23(12-17)41-24(42)14-45-27(41)38-26(43)37-21-8-4-18(5-9-21)25-36-16-40(39-25)22-10-6-20(7-11-22)29(33,34)35/h2-12,16H,13-15H2,1H3,(H,37,43)/b38-27-. The molecule has 3 amide bonds. The summed E-state index contributed by atoms with van der Waals surface area (Å²) in [6, 6.07) is 14.9. The summed E-state index contributed by atoms with van der Waals surface area (Å²) in [6.07, 6.45) is -7.61. The lowest BCUT2D eigenvalue weighted by Crippen LogP contribution is -2.31. The number of aryl methyl sites for hydroxylation is 1. The molecular weight excluding hydrogens is 626 g/mol. The van der Waals surface area contributed by atoms with Crippen LogP contribution in [0.5, 0.6) is 0 Å². The predicted molar refractivity (Wildman–Crippen MR) is 155 cm³/mol. The summed E-state index contributed by atoms with van der Waals surface area (Å²) in [5.41, 5.74) is 1.84. The fourth-order valence-corrected chi connectivity index (χ4v) is 5.08. The first kappa shape index (κ1) is 31.7. The Morgan fingerprint density at radius 1 is 1.02 bits per heavy atom. The summed E-state index contributed by atoms with van der Waals surface area (Å²) in [4.78, 5) is 34.9. The van der Waals surface area contributed by atoms with Gasteiger partial charge >= 0.3 is 18.4 Å². The molecule has 0 saturated carbocycles. The lowest BCUT2D eigenvalue weighted by Gasteiger charge is -2.20. The fourth-order valence-electron chi connectivity index (χ4n) is 4.23. The zero-order valence-corrected chi connectivity index (χ0v) is 24.0. The maximum atomic E-state index is 12.8. The molecule has 45 heavy (non-hydrogen) atoms. The third-order valence-corrected chi connectivity index (χ3v) is 7.24. The van der Waals surface area contributed by atoms with Gasteiger partial charge in [0.15, 0.2) is 11.0 Å². The predicted octanol–water partition coefficient (Wildman–Crippen LogP) is 7.01. The van der Waals surface area contributed by atoms with Crippen molar-refractivity contribution in [3.63, 3.8) is 0 Å². The summed E-state index contributed by atoms with van der Waals surface area (Å²) in [5, 5.41) is 6.95. The number of halogens is 6. The van der Waals surface area contributed by atoms with Crippen molar-refractivity contribution in [3.8, 4) is 17.1 Å². The van der Waals surface area contributed by atoms with E-state index in [4.69, 9.17) is 4.74 Å². The normalized spacial score (nSPS) is 14.8. The zero-order valence-electron chi connectivity index (χ0n) is 23.2. The number of benzene rings is 3. The van der Waals surface area contributed by atoms with E-state index in [1.165, 1.54) is 28.0 Å². The Hall–Kier alpha value is -4.70. The van der Waals surface area contributed by atoms with Crippen molar-refractivity contribution >= 4 is 40.2 Å². The molecule has 1 aliphatic heterocycles. The molecule has 0 bridgehead atoms. The van der Waals surface area contributed by atoms with E-state index in [9.17, 15) is 35.9 Å². The van der Waals surface area contributed by atoms with Crippen LogP contribution in [0.15, 0.2) is 78.0 Å². The number of anilines is 2. The largest absolute Gasteiger partial charge is 0.416 e. The zero-order chi connectivity index (χ0) is 32.4. The number of aromatic nitrogens is 3. The number of hydrogen-bond donors (Lipinski definition) is 1. The molecule has 3 aromatic carbocycles. The van der Waals surface area contributed by atoms with Crippen LogP contribution in [0.25, 0.3) is 17.1 Å². The van der Waals surface area contributed by atoms with Crippen molar-refractivity contribution in [1.29, 1.82) is 0 Å². The summed E-state index contributed by atoms with van der Waals surface area (Å²) in [5.74, 6) is -0.136. The molecule has 0 aliphatic carbocycles. The molecule has 4 aromatic rings. The molecule has 234 valence electrons. The van der Waals surface area contributed by atoms with Crippen LogP contribution in [-0.4, -0.2) is 50.4 Å². The van der Waals surface area contributed by atoms with Gasteiger partial charge in [0.25, 0.3) is 0 Å². The molecule has 2 heterocycles. The molecule has 0 spiro atoms. The molecule has 0 unspecified atom stereocenters. The lowest BCUT2D eigenvalue weighted by atomic mass is 10.1. The number of nitrogens with one attached hydrogen (secondary N) is 1. The lowest BCUT2D eigenvalue weighted by molar-refractivity contribution is -0.176. The van der Waals surface area contributed by atoms with Gasteiger partial charge in [-0.15, -0.1) is 5.10 Å². The maximum Gasteiger partial charge on any atom is 0.416 e. The van der Waals surface area contributed by atoms with Crippen molar-refractivity contribution in [2.75, 3.05) is 22.6 Å². The third-order valence-electron chi connectivity index (χ3n) is 6.31. The number of hydrogen-bond acceptors (Lipinski definition) is 6. The van der Waals surface area contributed by atoms with Crippen molar-refractivity contribution in [2.24, 2.45) is 4.99 Å². The SMILES string of the molecule is Cc1ccc(COCC(F)(F)F)c(N2C(=O)CS/C2=N\C(=O)Nc2ccc(-c3ncn(-c4ccc(C(F)(F)F)cc4)n3)cc2)c1. The van der Waals surface area contributed by atoms with Crippen molar-refractivity contribution < 1.29 is 40.7 Å². The summed E-state index contributed by atoms with van der Waals surface area (Å²) in [7, 11) is 0. The molecular formula is C29H22F6N6O3S. The summed E-state index contributed by atoms with van der Waals surface area (Å²) >= 11 is 1.01. The molecule has 1 saturated heterocycles. The second kappa shape index (κ2) is 12.7. The van der Waals surface area contributed by atoms with Gasteiger partial charge in [-0.3, -0.25) is 9.69 Å². The Bertz CT molecular complexity index is 1740. The Kier molecular flexibility index (Phi) is 8.97. The molecule has 1 N–H and O–H groups in total. The first-order chi connectivity index (χ1) is 21.3. The van der Waals surface area contributed by atoms with Gasteiger partial charge in [0.1, 0.15) is 12.9 Å². The van der Waals surface area contributed by atoms with Crippen LogP contribution in [0.1, 0.15) is 16.7 Å². The van der Waals surface area contributed by atoms with Crippen LogP contribution >= 0.6 is 11.8 Å². The second-order valence-electron chi connectivity index (χ2n) is 9.72. The van der Waals surface area contributed by atoms with Gasteiger partial charge in [-0.2, -0.15) is 31.3 Å². The van der Waals surface area contributed by atoms with Crippen molar-refractivity contribution in [3.05, 3.63) is 89.7 Å². The molecule has 5 rings (SSSR count). The molecule has 9 nitrogen and oxygen atoms in total. The number of ether oxygens (including phenoxy) is 1. The second-order valence-corrected chi connectivity index (χ2v) is 10.7. The van der Waals surface area contributed by atoms with Crippen LogP contribution in [-0.2, 0) is 22.3 Å². The molecule has 16 heteroatoms. The minimum atomic E-state index is -4.51. The van der Waals surface area contributed by atoms with E-state index in [-0.39, 0.29) is 22.4 Å². The van der Waals surface area contributed by atoms with E-state index >= 15 is 0 Å². The number of carbonyl (C=O) groups is 2. The van der Waals surface area contributed by atoms with Gasteiger partial charge in [0, 0.05) is 16.8 Å². The van der Waals surface area contributed by atoms with E-state index in [0.717, 1.165) is 29.5 Å². The number of alkyl halides is 6. The van der Waals surface area contributed by atoms with Crippen LogP contribution in [0.3, 0.4) is 0 Å². The number of aliphatic imine (C=N–C) groups is 1. The van der Waals surface area contributed by atoms with Crippen LogP contribution in [0.4, 0.5) is 42.5 Å². The highest BCUT2D eigenvalue weighted by atomic mass is 32.2. The number of rotatable bonds is 7. The quantitative estimate of drug-likeness (QED) is 0.217. The average molecular weight is 649 g/mol. The highest BCUT2D eigenvalue weighted by Crippen LogP contribution is 2.32. The van der Waals surface area contributed by atoms with Gasteiger partial charge in [-0.1, -0.05) is 23.9 Å². The van der Waals surface area contributed by atoms with E-state index in [1.54, 1.807) is 49.4 Å². The van der Waals surface area contributed by atoms with Crippen molar-refractivity contribution in [2.45, 2.75) is 25.9 Å². The summed E-state index contributed by atoms with van der Waals surface area (Å²) in [6.45, 7) is -0.117. The number of amidine groups is 1. The number of amides is 3. The van der Waals surface area contributed by atoms with E-state index < -0.39 is 43.1 Å². The smallest absolute Gasteiger partial charge is 0.367 e. The Morgan fingerprint density at radius 3 is 2.40 bits per heavy atom. The Morgan fingerprint density at radius 2 is 1.73 bits per heavy atom. The molecule has 0 radical (unpaired) electrons.